The Morgan fingerprint density at radius 2 is 0.778 bits per heavy atom. The van der Waals surface area contributed by atoms with Gasteiger partial charge in [-0.15, -0.1) is 0 Å². The summed E-state index contributed by atoms with van der Waals surface area (Å²) < 4.78 is 0. The lowest BCUT2D eigenvalue weighted by Crippen LogP contribution is -2.17. The maximum absolute atomic E-state index is 2.51. The smallest absolute Gasteiger partial charge is 0.0624 e. The van der Waals surface area contributed by atoms with Crippen LogP contribution < -0.4 is 4.90 Å². The number of nitrogens with zero attached hydrogens (tertiary/aromatic N) is 1. The number of hydrogen-bond acceptors (Lipinski definition) is 1. The van der Waals surface area contributed by atoms with Gasteiger partial charge in [0, 0.05) is 27.7 Å². The van der Waals surface area contributed by atoms with Gasteiger partial charge in [0.05, 0.1) is 5.69 Å². The Kier molecular flexibility index (Phi) is 7.56. The average Bonchev–Trinajstić information content (AvgIpc) is 3.47. The van der Waals surface area contributed by atoms with Gasteiger partial charge >= 0.3 is 0 Å². The normalized spacial score (nSPS) is 12.8. The third kappa shape index (κ3) is 5.16. The van der Waals surface area contributed by atoms with Crippen LogP contribution in [-0.4, -0.2) is 0 Å². The first-order chi connectivity index (χ1) is 26.6. The topological polar surface area (TPSA) is 3.24 Å². The lowest BCUT2D eigenvalue weighted by Gasteiger charge is -2.32. The molecule has 10 rings (SSSR count). The number of hydrogen-bond donors (Lipinski definition) is 0. The molecule has 1 aliphatic rings. The van der Waals surface area contributed by atoms with E-state index >= 15 is 0 Å². The molecule has 9 aromatic carbocycles. The highest BCUT2D eigenvalue weighted by Gasteiger charge is 2.36. The van der Waals surface area contributed by atoms with Gasteiger partial charge in [-0.25, -0.2) is 0 Å². The molecule has 9 aromatic rings. The van der Waals surface area contributed by atoms with E-state index in [0.717, 1.165) is 11.4 Å². The van der Waals surface area contributed by atoms with Gasteiger partial charge in [-0.1, -0.05) is 190 Å². The number of benzene rings is 9. The fourth-order valence-electron chi connectivity index (χ4n) is 8.78. The van der Waals surface area contributed by atoms with Crippen molar-refractivity contribution in [1.82, 2.24) is 0 Å². The van der Waals surface area contributed by atoms with Gasteiger partial charge < -0.3 is 4.90 Å². The highest BCUT2D eigenvalue weighted by atomic mass is 15.1. The minimum Gasteiger partial charge on any atom is -0.309 e. The van der Waals surface area contributed by atoms with Gasteiger partial charge in [0.15, 0.2) is 0 Å². The molecule has 0 amide bonds. The molecule has 1 aliphatic carbocycles. The first kappa shape index (κ1) is 32.0. The summed E-state index contributed by atoms with van der Waals surface area (Å²) in [7, 11) is 0. The summed E-state index contributed by atoms with van der Waals surface area (Å²) in [6.07, 6.45) is 0. The second-order valence-corrected chi connectivity index (χ2v) is 14.9. The maximum Gasteiger partial charge on any atom is 0.0624 e. The minimum absolute atomic E-state index is 0.128. The molecule has 1 nitrogen and oxygen atoms in total. The Morgan fingerprint density at radius 3 is 1.43 bits per heavy atom. The first-order valence-electron chi connectivity index (χ1n) is 18.9. The molecular weight excluding hydrogens is 651 g/mol. The number of anilines is 3. The predicted molar refractivity (Wildman–Crippen MR) is 230 cm³/mol. The molecule has 0 aliphatic heterocycles. The molecule has 0 bridgehead atoms. The van der Waals surface area contributed by atoms with Crippen molar-refractivity contribution in [3.05, 3.63) is 211 Å². The minimum atomic E-state index is -0.128. The van der Waals surface area contributed by atoms with E-state index in [4.69, 9.17) is 0 Å². The van der Waals surface area contributed by atoms with Crippen LogP contribution in [0.4, 0.5) is 17.1 Å². The lowest BCUT2D eigenvalue weighted by molar-refractivity contribution is 0.660. The molecular formula is C53H39N. The Hall–Kier alpha value is -6.70. The molecule has 0 saturated heterocycles. The van der Waals surface area contributed by atoms with Crippen LogP contribution in [0.1, 0.15) is 25.0 Å². The van der Waals surface area contributed by atoms with Crippen molar-refractivity contribution in [2.45, 2.75) is 19.3 Å². The molecule has 256 valence electrons. The van der Waals surface area contributed by atoms with Crippen molar-refractivity contribution < 1.29 is 0 Å². The van der Waals surface area contributed by atoms with Crippen LogP contribution in [0.2, 0.25) is 0 Å². The summed E-state index contributed by atoms with van der Waals surface area (Å²) in [6, 6.07) is 73.4. The van der Waals surface area contributed by atoms with Gasteiger partial charge in [0.2, 0.25) is 0 Å². The molecule has 0 atom stereocenters. The summed E-state index contributed by atoms with van der Waals surface area (Å²) in [5.74, 6) is 0. The third-order valence-electron chi connectivity index (χ3n) is 11.5. The van der Waals surface area contributed by atoms with E-state index in [1.165, 1.54) is 82.9 Å². The van der Waals surface area contributed by atoms with Crippen LogP contribution in [0.25, 0.3) is 66.1 Å². The highest BCUT2D eigenvalue weighted by molar-refractivity contribution is 6.22. The standard InChI is InChI=1S/C53H39N/c1-53(2)49-24-14-13-21-45(49)46-34-33-42(35-50(46)53)54(41-31-29-39(30-32-41)38-27-25-37(26-28-38)36-15-5-3-6-16-36)52-48-23-12-10-20-44(48)43-19-9-11-22-47(43)51(52)40-17-7-4-8-18-40/h3-35H,1-2H3. The Morgan fingerprint density at radius 1 is 0.333 bits per heavy atom. The van der Waals surface area contributed by atoms with Crippen LogP contribution in [0.3, 0.4) is 0 Å². The van der Waals surface area contributed by atoms with Crippen molar-refractivity contribution in [1.29, 1.82) is 0 Å². The van der Waals surface area contributed by atoms with Crippen LogP contribution in [0.5, 0.6) is 0 Å². The molecule has 0 unspecified atom stereocenters. The number of fused-ring (bicyclic) bond motifs is 6. The van der Waals surface area contributed by atoms with Crippen LogP contribution >= 0.6 is 0 Å². The van der Waals surface area contributed by atoms with E-state index in [-0.39, 0.29) is 5.41 Å². The van der Waals surface area contributed by atoms with Crippen molar-refractivity contribution >= 4 is 38.6 Å². The average molecular weight is 690 g/mol. The number of rotatable bonds is 6. The third-order valence-corrected chi connectivity index (χ3v) is 11.5. The Labute approximate surface area is 317 Å². The van der Waals surface area contributed by atoms with E-state index in [9.17, 15) is 0 Å². The molecule has 0 fully saturated rings. The Balaban J connectivity index is 1.21. The van der Waals surface area contributed by atoms with Gasteiger partial charge in [0.25, 0.3) is 0 Å². The zero-order valence-electron chi connectivity index (χ0n) is 30.5. The molecule has 1 heteroatoms. The maximum atomic E-state index is 2.51. The summed E-state index contributed by atoms with van der Waals surface area (Å²) >= 11 is 0. The lowest BCUT2D eigenvalue weighted by atomic mass is 9.82. The van der Waals surface area contributed by atoms with Crippen LogP contribution in [-0.2, 0) is 5.41 Å². The Bertz CT molecular complexity index is 2810. The molecule has 0 saturated carbocycles. The van der Waals surface area contributed by atoms with Gasteiger partial charge in [-0.3, -0.25) is 0 Å². The summed E-state index contributed by atoms with van der Waals surface area (Å²) in [5.41, 5.74) is 16.0. The zero-order chi connectivity index (χ0) is 36.2. The van der Waals surface area contributed by atoms with E-state index in [0.29, 0.717) is 0 Å². The van der Waals surface area contributed by atoms with Crippen molar-refractivity contribution in [3.63, 3.8) is 0 Å². The molecule has 0 radical (unpaired) electrons. The van der Waals surface area contributed by atoms with Crippen molar-refractivity contribution in [2.75, 3.05) is 4.90 Å². The van der Waals surface area contributed by atoms with Crippen molar-refractivity contribution in [2.24, 2.45) is 0 Å². The summed E-state index contributed by atoms with van der Waals surface area (Å²) in [5, 5.41) is 4.97. The second-order valence-electron chi connectivity index (χ2n) is 14.9. The van der Waals surface area contributed by atoms with Gasteiger partial charge in [-0.2, -0.15) is 0 Å². The monoisotopic (exact) mass is 689 g/mol. The second kappa shape index (κ2) is 12.8. The van der Waals surface area contributed by atoms with E-state index < -0.39 is 0 Å². The van der Waals surface area contributed by atoms with Gasteiger partial charge in [-0.05, 0) is 90.5 Å². The highest BCUT2D eigenvalue weighted by Crippen LogP contribution is 2.53. The summed E-state index contributed by atoms with van der Waals surface area (Å²) in [4.78, 5) is 2.51. The largest absolute Gasteiger partial charge is 0.309 e. The van der Waals surface area contributed by atoms with Crippen LogP contribution in [0.15, 0.2) is 200 Å². The zero-order valence-corrected chi connectivity index (χ0v) is 30.5. The fourth-order valence-corrected chi connectivity index (χ4v) is 8.78. The fraction of sp³-hybridized carbons (Fsp3) is 0.0566. The molecule has 0 aromatic heterocycles. The molecule has 0 N–H and O–H groups in total. The quantitative estimate of drug-likeness (QED) is 0.157. The van der Waals surface area contributed by atoms with Crippen molar-refractivity contribution in [3.8, 4) is 44.5 Å². The summed E-state index contributed by atoms with van der Waals surface area (Å²) in [6.45, 7) is 4.73. The molecule has 54 heavy (non-hydrogen) atoms. The first-order valence-corrected chi connectivity index (χ1v) is 18.9. The molecule has 0 heterocycles. The van der Waals surface area contributed by atoms with E-state index in [1.807, 2.05) is 0 Å². The SMILES string of the molecule is CC1(C)c2ccccc2-c2ccc(N(c3ccc(-c4ccc(-c5ccccc5)cc4)cc3)c3c(-c4ccccc4)c4ccccc4c4ccccc34)cc21. The molecule has 0 spiro atoms. The predicted octanol–water partition coefficient (Wildman–Crippen LogP) is 14.8. The van der Waals surface area contributed by atoms with E-state index in [2.05, 4.69) is 219 Å². The van der Waals surface area contributed by atoms with E-state index in [1.54, 1.807) is 0 Å². The van der Waals surface area contributed by atoms with Gasteiger partial charge in [0.1, 0.15) is 0 Å². The van der Waals surface area contributed by atoms with Crippen LogP contribution in [0, 0.1) is 0 Å².